The Morgan fingerprint density at radius 3 is 2.05 bits per heavy atom. The molecule has 0 saturated carbocycles. The number of benzene rings is 2. The van der Waals surface area contributed by atoms with Crippen molar-refractivity contribution in [2.45, 2.75) is 0 Å². The van der Waals surface area contributed by atoms with Gasteiger partial charge in [-0.05, 0) is 29.7 Å². The maximum absolute atomic E-state index is 8.59. The van der Waals surface area contributed by atoms with E-state index in [4.69, 9.17) is 30.0 Å². The van der Waals surface area contributed by atoms with Crippen molar-refractivity contribution in [3.8, 4) is 36.0 Å². The molecule has 2 aromatic rings. The molecule has 6 nitrogen and oxygen atoms in total. The first kappa shape index (κ1) is 12.0. The number of hydrogen-bond acceptors (Lipinski definition) is 6. The minimum absolute atomic E-state index is 0.231. The Labute approximate surface area is 108 Å². The molecule has 0 atom stereocenters. The van der Waals surface area contributed by atoms with Gasteiger partial charge in [-0.2, -0.15) is 0 Å². The van der Waals surface area contributed by atoms with Gasteiger partial charge < -0.3 is 14.2 Å². The molecule has 2 aromatic carbocycles. The van der Waals surface area contributed by atoms with Crippen molar-refractivity contribution in [1.82, 2.24) is 0 Å². The van der Waals surface area contributed by atoms with Crippen molar-refractivity contribution in [3.05, 3.63) is 30.3 Å². The van der Waals surface area contributed by atoms with E-state index in [-0.39, 0.29) is 11.5 Å². The summed E-state index contributed by atoms with van der Waals surface area (Å²) in [5, 5.41) is 26.8. The van der Waals surface area contributed by atoms with Gasteiger partial charge in [-0.25, -0.2) is 0 Å². The Hall–Kier alpha value is -3.43. The van der Waals surface area contributed by atoms with Gasteiger partial charge in [0.1, 0.15) is 11.5 Å². The van der Waals surface area contributed by atoms with E-state index in [0.717, 1.165) is 0 Å². The predicted molar refractivity (Wildman–Crippen MR) is 62.7 cm³/mol. The first-order valence-corrected chi connectivity index (χ1v) is 5.04. The lowest BCUT2D eigenvalue weighted by molar-refractivity contribution is 0.488. The lowest BCUT2D eigenvalue weighted by Crippen LogP contribution is -1.89. The van der Waals surface area contributed by atoms with Crippen molar-refractivity contribution in [1.29, 1.82) is 15.8 Å². The Balaban J connectivity index is 2.63. The van der Waals surface area contributed by atoms with Crippen LogP contribution < -0.4 is 14.2 Å². The van der Waals surface area contributed by atoms with Crippen LogP contribution in [0.15, 0.2) is 30.3 Å². The lowest BCUT2D eigenvalue weighted by atomic mass is 10.1. The van der Waals surface area contributed by atoms with E-state index in [9.17, 15) is 0 Å². The molecule has 0 unspecified atom stereocenters. The van der Waals surface area contributed by atoms with Crippen molar-refractivity contribution < 1.29 is 14.2 Å². The molecule has 0 spiro atoms. The molecule has 0 saturated heterocycles. The molecule has 0 aliphatic carbocycles. The van der Waals surface area contributed by atoms with Gasteiger partial charge in [0.25, 0.3) is 18.8 Å². The monoisotopic (exact) mass is 251 g/mol. The number of nitrogens with zero attached hydrogens (tertiary/aromatic N) is 3. The average Bonchev–Trinajstić information content (AvgIpc) is 2.39. The Bertz CT molecular complexity index is 745. The number of hydrogen-bond donors (Lipinski definition) is 0. The molecular weight excluding hydrogens is 246 g/mol. The maximum Gasteiger partial charge on any atom is 0.292 e. The van der Waals surface area contributed by atoms with Crippen LogP contribution in [0.1, 0.15) is 0 Å². The molecule has 0 aliphatic heterocycles. The van der Waals surface area contributed by atoms with E-state index in [2.05, 4.69) is 0 Å². The topological polar surface area (TPSA) is 99.1 Å². The van der Waals surface area contributed by atoms with Crippen LogP contribution in [-0.2, 0) is 0 Å². The average molecular weight is 251 g/mol. The number of ether oxygens (including phenoxy) is 3. The highest BCUT2D eigenvalue weighted by Gasteiger charge is 2.08. The molecule has 0 radical (unpaired) electrons. The van der Waals surface area contributed by atoms with Crippen molar-refractivity contribution in [2.24, 2.45) is 0 Å². The third-order valence-electron chi connectivity index (χ3n) is 2.34. The first-order valence-electron chi connectivity index (χ1n) is 5.04. The fraction of sp³-hybridized carbons (Fsp3) is 0. The van der Waals surface area contributed by atoms with E-state index < -0.39 is 0 Å². The fourth-order valence-corrected chi connectivity index (χ4v) is 1.65. The summed E-state index contributed by atoms with van der Waals surface area (Å²) < 4.78 is 14.2. The van der Waals surface area contributed by atoms with Gasteiger partial charge in [0, 0.05) is 11.5 Å². The third kappa shape index (κ3) is 2.46. The van der Waals surface area contributed by atoms with Crippen molar-refractivity contribution in [2.75, 3.05) is 0 Å². The summed E-state index contributed by atoms with van der Waals surface area (Å²) in [6.07, 6.45) is 4.66. The smallest absolute Gasteiger partial charge is 0.292 e. The molecule has 0 N–H and O–H groups in total. The van der Waals surface area contributed by atoms with Crippen LogP contribution in [0.5, 0.6) is 17.2 Å². The summed E-state index contributed by atoms with van der Waals surface area (Å²) in [5.41, 5.74) is 0. The summed E-state index contributed by atoms with van der Waals surface area (Å²) in [6.45, 7) is 0. The largest absolute Gasteiger partial charge is 0.388 e. The van der Waals surface area contributed by atoms with Crippen molar-refractivity contribution >= 4 is 10.8 Å². The second kappa shape index (κ2) is 5.27. The first-order chi connectivity index (χ1) is 9.28. The molecule has 0 amide bonds. The zero-order valence-electron chi connectivity index (χ0n) is 9.45. The van der Waals surface area contributed by atoms with Gasteiger partial charge in [0.15, 0.2) is 5.75 Å². The third-order valence-corrected chi connectivity index (χ3v) is 2.34. The van der Waals surface area contributed by atoms with Crippen LogP contribution in [0.25, 0.3) is 10.8 Å². The highest BCUT2D eigenvalue weighted by Crippen LogP contribution is 2.33. The fourth-order valence-electron chi connectivity index (χ4n) is 1.65. The summed E-state index contributed by atoms with van der Waals surface area (Å²) in [6, 6.07) is 7.80. The number of fused-ring (bicyclic) bond motifs is 1. The molecule has 2 rings (SSSR count). The minimum Gasteiger partial charge on any atom is -0.388 e. The van der Waals surface area contributed by atoms with E-state index in [1.54, 1.807) is 36.8 Å². The van der Waals surface area contributed by atoms with Gasteiger partial charge in [-0.1, -0.05) is 0 Å². The van der Waals surface area contributed by atoms with Gasteiger partial charge in [-0.15, -0.1) is 15.8 Å². The molecule has 6 heteroatoms. The maximum atomic E-state index is 8.59. The lowest BCUT2D eigenvalue weighted by Gasteiger charge is -2.06. The SMILES string of the molecule is N#COc1ccc2c(OC#N)cc(OC#N)cc2c1. The Morgan fingerprint density at radius 1 is 0.737 bits per heavy atom. The van der Waals surface area contributed by atoms with E-state index in [1.807, 2.05) is 0 Å². The highest BCUT2D eigenvalue weighted by molar-refractivity contribution is 5.91. The second-order valence-electron chi connectivity index (χ2n) is 3.38. The zero-order valence-corrected chi connectivity index (χ0v) is 9.45. The van der Waals surface area contributed by atoms with E-state index in [1.165, 1.54) is 12.3 Å². The predicted octanol–water partition coefficient (Wildman–Crippen LogP) is 2.42. The van der Waals surface area contributed by atoms with Crippen LogP contribution >= 0.6 is 0 Å². The van der Waals surface area contributed by atoms with Crippen LogP contribution in [0, 0.1) is 34.6 Å². The number of rotatable bonds is 3. The zero-order chi connectivity index (χ0) is 13.7. The molecule has 90 valence electrons. The molecule has 0 aliphatic rings. The van der Waals surface area contributed by atoms with Gasteiger partial charge >= 0.3 is 0 Å². The quantitative estimate of drug-likeness (QED) is 0.776. The number of nitriles is 3. The van der Waals surface area contributed by atoms with Crippen molar-refractivity contribution in [3.63, 3.8) is 0 Å². The van der Waals surface area contributed by atoms with Crippen LogP contribution in [0.3, 0.4) is 0 Å². The molecule has 0 heterocycles. The standard InChI is InChI=1S/C13H5N3O3/c14-6-17-10-1-2-12-9(3-10)4-11(18-7-15)5-13(12)19-8-16/h1-5H. The molecule has 19 heavy (non-hydrogen) atoms. The Kier molecular flexibility index (Phi) is 3.34. The van der Waals surface area contributed by atoms with Crippen LogP contribution in [-0.4, -0.2) is 0 Å². The summed E-state index contributed by atoms with van der Waals surface area (Å²) >= 11 is 0. The molecular formula is C13H5N3O3. The normalized spacial score (nSPS) is 8.89. The van der Waals surface area contributed by atoms with Gasteiger partial charge in [-0.3, -0.25) is 0 Å². The minimum atomic E-state index is 0.231. The summed E-state index contributed by atoms with van der Waals surface area (Å²) in [4.78, 5) is 0. The van der Waals surface area contributed by atoms with E-state index >= 15 is 0 Å². The van der Waals surface area contributed by atoms with E-state index in [0.29, 0.717) is 16.5 Å². The summed E-state index contributed by atoms with van der Waals surface area (Å²) in [5.74, 6) is 0.829. The van der Waals surface area contributed by atoms with Gasteiger partial charge in [0.05, 0.1) is 0 Å². The van der Waals surface area contributed by atoms with Gasteiger partial charge in [0.2, 0.25) is 0 Å². The molecule has 0 fully saturated rings. The van der Waals surface area contributed by atoms with Crippen LogP contribution in [0.2, 0.25) is 0 Å². The van der Waals surface area contributed by atoms with Crippen LogP contribution in [0.4, 0.5) is 0 Å². The molecule has 0 bridgehead atoms. The highest BCUT2D eigenvalue weighted by atomic mass is 16.5. The summed E-state index contributed by atoms with van der Waals surface area (Å²) in [7, 11) is 0. The molecule has 0 aromatic heterocycles. The Morgan fingerprint density at radius 2 is 1.37 bits per heavy atom. The second-order valence-corrected chi connectivity index (χ2v) is 3.38.